The first-order chi connectivity index (χ1) is 9.42. The van der Waals surface area contributed by atoms with Crippen molar-refractivity contribution >= 4 is 0 Å². The molecule has 1 aromatic carbocycles. The van der Waals surface area contributed by atoms with Crippen LogP contribution in [0.4, 0.5) is 0 Å². The fourth-order valence-electron chi connectivity index (χ4n) is 2.53. The van der Waals surface area contributed by atoms with E-state index in [9.17, 15) is 0 Å². The maximum Gasteiger partial charge on any atom is 0.127 e. The highest BCUT2D eigenvalue weighted by Crippen LogP contribution is 2.46. The Kier molecular flexibility index (Phi) is 2.54. The van der Waals surface area contributed by atoms with Crippen LogP contribution < -0.4 is 4.74 Å². The zero-order chi connectivity index (χ0) is 12.7. The molecule has 0 atom stereocenters. The van der Waals surface area contributed by atoms with E-state index < -0.39 is 0 Å². The number of nitrogens with zero attached hydrogens (tertiary/aromatic N) is 1. The second kappa shape index (κ2) is 4.37. The zero-order valence-electron chi connectivity index (χ0n) is 10.9. The second-order valence-corrected chi connectivity index (χ2v) is 5.55. The molecule has 19 heavy (non-hydrogen) atoms. The standard InChI is InChI=1S/C17H17NO/c1-2-4-17(19-13-7-8-13)15(3-1)14-9-10-18-11-16(14)12-5-6-12/h1-4,9-13H,5-8H2. The summed E-state index contributed by atoms with van der Waals surface area (Å²) in [6.07, 6.45) is 9.33. The van der Waals surface area contributed by atoms with Crippen molar-refractivity contribution in [3.05, 3.63) is 48.3 Å². The van der Waals surface area contributed by atoms with Gasteiger partial charge in [-0.1, -0.05) is 18.2 Å². The lowest BCUT2D eigenvalue weighted by atomic mass is 9.98. The van der Waals surface area contributed by atoms with Crippen molar-refractivity contribution in [1.82, 2.24) is 4.98 Å². The van der Waals surface area contributed by atoms with Gasteiger partial charge < -0.3 is 4.74 Å². The molecule has 2 aliphatic rings. The summed E-state index contributed by atoms with van der Waals surface area (Å²) in [4.78, 5) is 4.29. The molecule has 0 unspecified atom stereocenters. The van der Waals surface area contributed by atoms with Crippen molar-refractivity contribution in [2.45, 2.75) is 37.7 Å². The fraction of sp³-hybridized carbons (Fsp3) is 0.353. The number of rotatable bonds is 4. The molecule has 0 spiro atoms. The van der Waals surface area contributed by atoms with Crippen LogP contribution in [0.3, 0.4) is 0 Å². The molecule has 1 heterocycles. The third-order valence-electron chi connectivity index (χ3n) is 3.86. The van der Waals surface area contributed by atoms with E-state index >= 15 is 0 Å². The van der Waals surface area contributed by atoms with Gasteiger partial charge >= 0.3 is 0 Å². The maximum absolute atomic E-state index is 6.05. The highest BCUT2D eigenvalue weighted by Gasteiger charge is 2.28. The second-order valence-electron chi connectivity index (χ2n) is 5.55. The molecule has 0 saturated heterocycles. The number of hydrogen-bond donors (Lipinski definition) is 0. The van der Waals surface area contributed by atoms with Gasteiger partial charge in [0.25, 0.3) is 0 Å². The molecule has 96 valence electrons. The van der Waals surface area contributed by atoms with Gasteiger partial charge in [-0.15, -0.1) is 0 Å². The average Bonchev–Trinajstić information content (AvgIpc) is 3.33. The molecule has 0 radical (unpaired) electrons. The molecule has 1 aromatic heterocycles. The molecular weight excluding hydrogens is 234 g/mol. The SMILES string of the molecule is c1ccc(-c2ccncc2C2CC2)c(OC2CC2)c1. The minimum absolute atomic E-state index is 0.437. The van der Waals surface area contributed by atoms with Crippen LogP contribution in [0.5, 0.6) is 5.75 Å². The summed E-state index contributed by atoms with van der Waals surface area (Å²) in [5.41, 5.74) is 3.90. The first kappa shape index (κ1) is 11.0. The molecule has 0 N–H and O–H groups in total. The highest BCUT2D eigenvalue weighted by molar-refractivity contribution is 5.73. The van der Waals surface area contributed by atoms with Crippen molar-refractivity contribution < 1.29 is 4.74 Å². The van der Waals surface area contributed by atoms with Crippen LogP contribution in [0.25, 0.3) is 11.1 Å². The lowest BCUT2D eigenvalue weighted by Gasteiger charge is -2.13. The number of para-hydroxylation sites is 1. The van der Waals surface area contributed by atoms with Crippen LogP contribution in [-0.4, -0.2) is 11.1 Å². The van der Waals surface area contributed by atoms with E-state index in [1.165, 1.54) is 42.4 Å². The third kappa shape index (κ3) is 2.23. The van der Waals surface area contributed by atoms with Crippen molar-refractivity contribution in [3.8, 4) is 16.9 Å². The molecule has 2 nitrogen and oxygen atoms in total. The molecule has 2 aromatic rings. The molecule has 2 heteroatoms. The monoisotopic (exact) mass is 251 g/mol. The van der Waals surface area contributed by atoms with E-state index in [1.807, 2.05) is 12.4 Å². The normalized spacial score (nSPS) is 18.3. The molecule has 2 saturated carbocycles. The number of aromatic nitrogens is 1. The molecule has 4 rings (SSSR count). The number of ether oxygens (including phenoxy) is 1. The van der Waals surface area contributed by atoms with Crippen molar-refractivity contribution in [2.75, 3.05) is 0 Å². The Morgan fingerprint density at radius 1 is 0.947 bits per heavy atom. The van der Waals surface area contributed by atoms with Crippen LogP contribution in [0.1, 0.15) is 37.2 Å². The van der Waals surface area contributed by atoms with Crippen LogP contribution in [0.2, 0.25) is 0 Å². The Morgan fingerprint density at radius 2 is 1.79 bits per heavy atom. The quantitative estimate of drug-likeness (QED) is 0.813. The van der Waals surface area contributed by atoms with Crippen LogP contribution in [0, 0.1) is 0 Å². The van der Waals surface area contributed by atoms with Crippen LogP contribution >= 0.6 is 0 Å². The van der Waals surface area contributed by atoms with Gasteiger partial charge in [-0.2, -0.15) is 0 Å². The molecule has 0 bridgehead atoms. The summed E-state index contributed by atoms with van der Waals surface area (Å²) in [5, 5.41) is 0. The van der Waals surface area contributed by atoms with E-state index in [4.69, 9.17) is 4.74 Å². The third-order valence-corrected chi connectivity index (χ3v) is 3.86. The molecule has 2 fully saturated rings. The summed E-state index contributed by atoms with van der Waals surface area (Å²) in [7, 11) is 0. The largest absolute Gasteiger partial charge is 0.490 e. The summed E-state index contributed by atoms with van der Waals surface area (Å²) < 4.78 is 6.05. The van der Waals surface area contributed by atoms with Crippen LogP contribution in [-0.2, 0) is 0 Å². The van der Waals surface area contributed by atoms with Gasteiger partial charge in [-0.3, -0.25) is 4.98 Å². The summed E-state index contributed by atoms with van der Waals surface area (Å²) in [6.45, 7) is 0. The summed E-state index contributed by atoms with van der Waals surface area (Å²) >= 11 is 0. The Morgan fingerprint density at radius 3 is 2.58 bits per heavy atom. The van der Waals surface area contributed by atoms with E-state index in [2.05, 4.69) is 35.3 Å². The van der Waals surface area contributed by atoms with Gasteiger partial charge in [0.1, 0.15) is 5.75 Å². The van der Waals surface area contributed by atoms with Gasteiger partial charge in [-0.25, -0.2) is 0 Å². The van der Waals surface area contributed by atoms with Crippen molar-refractivity contribution in [3.63, 3.8) is 0 Å². The van der Waals surface area contributed by atoms with Crippen molar-refractivity contribution in [2.24, 2.45) is 0 Å². The van der Waals surface area contributed by atoms with Gasteiger partial charge in [0, 0.05) is 18.0 Å². The smallest absolute Gasteiger partial charge is 0.127 e. The number of pyridine rings is 1. The van der Waals surface area contributed by atoms with E-state index in [0.29, 0.717) is 12.0 Å². The predicted octanol–water partition coefficient (Wildman–Crippen LogP) is 4.17. The van der Waals surface area contributed by atoms with Gasteiger partial charge in [0.05, 0.1) is 6.10 Å². The maximum atomic E-state index is 6.05. The van der Waals surface area contributed by atoms with E-state index in [1.54, 1.807) is 0 Å². The number of hydrogen-bond acceptors (Lipinski definition) is 2. The molecular formula is C17H17NO. The Labute approximate surface area is 113 Å². The lowest BCUT2D eigenvalue weighted by Crippen LogP contribution is -1.98. The highest BCUT2D eigenvalue weighted by atomic mass is 16.5. The Bertz CT molecular complexity index is 600. The zero-order valence-corrected chi connectivity index (χ0v) is 10.9. The molecule has 2 aliphatic carbocycles. The lowest BCUT2D eigenvalue weighted by molar-refractivity contribution is 0.304. The Balaban J connectivity index is 1.78. The topological polar surface area (TPSA) is 22.1 Å². The Hall–Kier alpha value is -1.83. The molecule has 0 amide bonds. The number of benzene rings is 1. The first-order valence-electron chi connectivity index (χ1n) is 7.12. The minimum Gasteiger partial charge on any atom is -0.490 e. The fourth-order valence-corrected chi connectivity index (χ4v) is 2.53. The van der Waals surface area contributed by atoms with Crippen molar-refractivity contribution in [1.29, 1.82) is 0 Å². The summed E-state index contributed by atoms with van der Waals surface area (Å²) in [5.74, 6) is 1.73. The first-order valence-corrected chi connectivity index (χ1v) is 7.12. The van der Waals surface area contributed by atoms with E-state index in [-0.39, 0.29) is 0 Å². The predicted molar refractivity (Wildman–Crippen MR) is 75.3 cm³/mol. The van der Waals surface area contributed by atoms with Crippen LogP contribution in [0.15, 0.2) is 42.7 Å². The average molecular weight is 251 g/mol. The minimum atomic E-state index is 0.437. The van der Waals surface area contributed by atoms with E-state index in [0.717, 1.165) is 5.75 Å². The molecule has 0 aliphatic heterocycles. The summed E-state index contributed by atoms with van der Waals surface area (Å²) in [6, 6.07) is 10.5. The van der Waals surface area contributed by atoms with Gasteiger partial charge in [-0.05, 0) is 54.9 Å². The van der Waals surface area contributed by atoms with Gasteiger partial charge in [0.15, 0.2) is 0 Å². The van der Waals surface area contributed by atoms with Gasteiger partial charge in [0.2, 0.25) is 0 Å².